The van der Waals surface area contributed by atoms with Gasteiger partial charge in [0.15, 0.2) is 17.8 Å². The summed E-state index contributed by atoms with van der Waals surface area (Å²) >= 11 is 0. The second-order valence-electron chi connectivity index (χ2n) is 12.1. The first-order valence-corrected chi connectivity index (χ1v) is 16.6. The molecule has 0 unspecified atom stereocenters. The van der Waals surface area contributed by atoms with E-state index in [-0.39, 0.29) is 19.3 Å². The van der Waals surface area contributed by atoms with Crippen LogP contribution >= 0.6 is 0 Å². The van der Waals surface area contributed by atoms with Crippen LogP contribution in [0.5, 0.6) is 0 Å². The molecule has 0 spiro atoms. The van der Waals surface area contributed by atoms with Gasteiger partial charge in [-0.25, -0.2) is 0 Å². The summed E-state index contributed by atoms with van der Waals surface area (Å²) in [4.78, 5) is 65.9. The summed E-state index contributed by atoms with van der Waals surface area (Å²) in [5, 5.41) is 53.8. The van der Waals surface area contributed by atoms with E-state index in [1.54, 1.807) is 0 Å². The van der Waals surface area contributed by atoms with Crippen molar-refractivity contribution in [1.82, 2.24) is 0 Å². The van der Waals surface area contributed by atoms with Crippen molar-refractivity contribution in [2.45, 2.75) is 141 Å². The van der Waals surface area contributed by atoms with Crippen LogP contribution in [0.25, 0.3) is 0 Å². The maximum Gasteiger partial charge on any atom is 0.317 e. The van der Waals surface area contributed by atoms with Gasteiger partial charge in [0.2, 0.25) is 0 Å². The highest BCUT2D eigenvalue weighted by Gasteiger charge is 2.26. The van der Waals surface area contributed by atoms with Crippen LogP contribution in [0.3, 0.4) is 0 Å². The molecule has 0 rings (SSSR count). The molecular formula is C33H55O12. The van der Waals surface area contributed by atoms with Crippen molar-refractivity contribution in [1.29, 1.82) is 0 Å². The number of rotatable bonds is 32. The van der Waals surface area contributed by atoms with Gasteiger partial charge in [-0.1, -0.05) is 116 Å². The quantitative estimate of drug-likeness (QED) is 0.0331. The largest absolute Gasteiger partial charge is 0.481 e. The van der Waals surface area contributed by atoms with Gasteiger partial charge in [0, 0.05) is 0 Å². The molecule has 0 aromatic heterocycles. The van der Waals surface area contributed by atoms with Crippen LogP contribution in [-0.4, -0.2) is 66.5 Å². The van der Waals surface area contributed by atoms with E-state index in [1.165, 1.54) is 0 Å². The summed E-state index contributed by atoms with van der Waals surface area (Å²) in [5.74, 6) is -11.3. The van der Waals surface area contributed by atoms with E-state index in [0.717, 1.165) is 103 Å². The Labute approximate surface area is 266 Å². The van der Waals surface area contributed by atoms with E-state index >= 15 is 0 Å². The van der Waals surface area contributed by atoms with Gasteiger partial charge in [-0.3, -0.25) is 28.8 Å². The molecule has 0 amide bonds. The topological polar surface area (TPSA) is 224 Å². The van der Waals surface area contributed by atoms with E-state index in [9.17, 15) is 28.8 Å². The fourth-order valence-electron chi connectivity index (χ4n) is 5.56. The van der Waals surface area contributed by atoms with Gasteiger partial charge in [-0.15, -0.1) is 0 Å². The Kier molecular flexibility index (Phi) is 24.2. The molecule has 0 aliphatic heterocycles. The molecular weight excluding hydrogens is 588 g/mol. The third-order valence-corrected chi connectivity index (χ3v) is 8.37. The number of carboxylic acids is 6. The molecule has 0 aromatic rings. The van der Waals surface area contributed by atoms with Crippen LogP contribution in [0.2, 0.25) is 0 Å². The summed E-state index contributed by atoms with van der Waals surface area (Å²) in [6, 6.07) is 0. The van der Waals surface area contributed by atoms with Crippen LogP contribution < -0.4 is 0 Å². The normalized spacial score (nSPS) is 11.5. The summed E-state index contributed by atoms with van der Waals surface area (Å²) in [6.07, 6.45) is 19.9. The van der Waals surface area contributed by atoms with Crippen LogP contribution in [0.4, 0.5) is 0 Å². The summed E-state index contributed by atoms with van der Waals surface area (Å²) in [5.41, 5.74) is 0. The summed E-state index contributed by atoms with van der Waals surface area (Å²) in [6.45, 7) is 0. The van der Waals surface area contributed by atoms with Gasteiger partial charge < -0.3 is 30.6 Å². The summed E-state index contributed by atoms with van der Waals surface area (Å²) < 4.78 is 0. The zero-order valence-electron chi connectivity index (χ0n) is 26.6. The van der Waals surface area contributed by atoms with E-state index in [1.807, 2.05) is 0 Å². The smallest absolute Gasteiger partial charge is 0.317 e. The number of unbranched alkanes of at least 4 members (excludes halogenated alkanes) is 14. The van der Waals surface area contributed by atoms with Crippen molar-refractivity contribution in [2.75, 3.05) is 0 Å². The third kappa shape index (κ3) is 22.0. The lowest BCUT2D eigenvalue weighted by Gasteiger charge is -2.17. The highest BCUT2D eigenvalue weighted by atomic mass is 16.4. The van der Waals surface area contributed by atoms with E-state index in [0.29, 0.717) is 25.2 Å². The fraction of sp³-hybridized carbons (Fsp3) is 0.788. The number of carbonyl (C=O) groups is 6. The molecule has 12 nitrogen and oxygen atoms in total. The molecule has 0 saturated carbocycles. The van der Waals surface area contributed by atoms with Crippen molar-refractivity contribution in [2.24, 2.45) is 23.7 Å². The number of hydrogen-bond acceptors (Lipinski definition) is 6. The molecule has 0 fully saturated rings. The lowest BCUT2D eigenvalue weighted by Crippen LogP contribution is -2.23. The van der Waals surface area contributed by atoms with Gasteiger partial charge in [-0.05, 0) is 38.0 Å². The van der Waals surface area contributed by atoms with E-state index < -0.39 is 53.6 Å². The maximum atomic E-state index is 11.0. The maximum absolute atomic E-state index is 11.0. The van der Waals surface area contributed by atoms with Gasteiger partial charge >= 0.3 is 35.8 Å². The van der Waals surface area contributed by atoms with E-state index in [4.69, 9.17) is 30.6 Å². The minimum absolute atomic E-state index is 0.135. The highest BCUT2D eigenvalue weighted by molar-refractivity contribution is 5.93. The van der Waals surface area contributed by atoms with Crippen molar-refractivity contribution in [3.63, 3.8) is 0 Å². The van der Waals surface area contributed by atoms with Crippen molar-refractivity contribution in [3.05, 3.63) is 6.42 Å². The number of hydrogen-bond donors (Lipinski definition) is 6. The predicted molar refractivity (Wildman–Crippen MR) is 166 cm³/mol. The second kappa shape index (κ2) is 26.1. The van der Waals surface area contributed by atoms with Gasteiger partial charge in [-0.2, -0.15) is 0 Å². The summed E-state index contributed by atoms with van der Waals surface area (Å²) in [7, 11) is 0. The Morgan fingerprint density at radius 2 is 0.556 bits per heavy atom. The molecule has 12 heteroatoms. The Bertz CT molecular complexity index is 797. The van der Waals surface area contributed by atoms with Crippen LogP contribution in [0.15, 0.2) is 0 Å². The van der Waals surface area contributed by atoms with Crippen LogP contribution in [0, 0.1) is 30.1 Å². The Morgan fingerprint density at radius 1 is 0.333 bits per heavy atom. The average molecular weight is 644 g/mol. The molecule has 0 bridgehead atoms. The zero-order valence-corrected chi connectivity index (χ0v) is 26.6. The lowest BCUT2D eigenvalue weighted by molar-refractivity contribution is -0.156. The molecule has 0 atom stereocenters. The number of carboxylic acid groups (broad SMARTS) is 6. The molecule has 0 heterocycles. The van der Waals surface area contributed by atoms with Crippen molar-refractivity contribution >= 4 is 35.8 Å². The molecule has 259 valence electrons. The first-order valence-electron chi connectivity index (χ1n) is 16.6. The molecule has 0 aromatic carbocycles. The van der Waals surface area contributed by atoms with Crippen molar-refractivity contribution < 1.29 is 59.4 Å². The lowest BCUT2D eigenvalue weighted by atomic mass is 9.89. The van der Waals surface area contributed by atoms with Crippen LogP contribution in [-0.2, 0) is 28.8 Å². The van der Waals surface area contributed by atoms with E-state index in [2.05, 4.69) is 6.42 Å². The molecule has 0 aliphatic carbocycles. The Balaban J connectivity index is 4.37. The Hall–Kier alpha value is -3.18. The van der Waals surface area contributed by atoms with Gasteiger partial charge in [0.05, 0.1) is 0 Å². The van der Waals surface area contributed by atoms with Crippen LogP contribution in [0.1, 0.15) is 141 Å². The minimum atomic E-state index is -1.35. The van der Waals surface area contributed by atoms with Crippen molar-refractivity contribution in [3.8, 4) is 0 Å². The third-order valence-electron chi connectivity index (χ3n) is 8.37. The molecule has 0 aliphatic rings. The molecule has 0 saturated heterocycles. The highest BCUT2D eigenvalue weighted by Crippen LogP contribution is 2.25. The standard InChI is InChI=1S/C33H55O12/c34-28(35)25(29(36)37)21-15-9-3-1-6-12-18-24(20-14-8-5-11-17-23-27(32(42)43)33(44)45)19-13-7-2-4-10-16-22-26(30(38)39)31(40)41/h20,24-27H,1-19,21-23H2,(H,34,35)(H,36,37)(H,38,39)(H,40,41)(H,42,43)(H,44,45). The second-order valence-corrected chi connectivity index (χ2v) is 12.1. The monoisotopic (exact) mass is 643 g/mol. The van der Waals surface area contributed by atoms with Gasteiger partial charge in [0.1, 0.15) is 0 Å². The first-order chi connectivity index (χ1) is 21.4. The molecule has 45 heavy (non-hydrogen) atoms. The first kappa shape index (κ1) is 41.8. The molecule has 6 N–H and O–H groups in total. The van der Waals surface area contributed by atoms with Gasteiger partial charge in [0.25, 0.3) is 0 Å². The SMILES string of the molecule is O=C(O)C(CCCCCC[CH]C(CCCCCCCCC(C(=O)O)C(=O)O)CCCCCCCCC(C(=O)O)C(=O)O)C(=O)O. The average Bonchev–Trinajstić information content (AvgIpc) is 2.94. The number of aliphatic carboxylic acids is 6. The minimum Gasteiger partial charge on any atom is -0.481 e. The molecule has 1 radical (unpaired) electrons. The Morgan fingerprint density at radius 3 is 0.822 bits per heavy atom. The fourth-order valence-corrected chi connectivity index (χ4v) is 5.56. The predicted octanol–water partition coefficient (Wildman–Crippen LogP) is 6.75. The zero-order chi connectivity index (χ0) is 34.0.